The average molecular weight is 852 g/mol. The summed E-state index contributed by atoms with van der Waals surface area (Å²) in [5.74, 6) is 0. The fraction of sp³-hybridized carbons (Fsp3) is 0.0714. The Hall–Kier alpha value is -2.93. The van der Waals surface area contributed by atoms with Crippen molar-refractivity contribution in [3.63, 3.8) is 0 Å². The second-order valence-electron chi connectivity index (χ2n) is 8.02. The average Bonchev–Trinajstić information content (AvgIpc) is 3.03. The zero-order chi connectivity index (χ0) is 33.2. The first-order chi connectivity index (χ1) is 21.4. The summed E-state index contributed by atoms with van der Waals surface area (Å²) in [7, 11) is -1.71. The van der Waals surface area contributed by atoms with Crippen molar-refractivity contribution in [3.8, 4) is 0 Å². The van der Waals surface area contributed by atoms with Crippen LogP contribution in [0, 0.1) is 10.2 Å². The second-order valence-corrected chi connectivity index (χ2v) is 11.4. The fourth-order valence-electron chi connectivity index (χ4n) is 3.07. The van der Waals surface area contributed by atoms with E-state index in [4.69, 9.17) is 43.9 Å². The SMILES string of the molecule is CN=C([S-])N/N=C(\c1ccc(Br)cc1)c1ccccn1.CN=C([S-])N/N=C(\c1ccc(Br)cc1)c1ccccn1.[Fe+3].[O-][Cl+3]([O-])([O-])[O-]. The maximum Gasteiger partial charge on any atom is 3.00 e. The summed E-state index contributed by atoms with van der Waals surface area (Å²) in [6.45, 7) is 0. The first kappa shape index (κ1) is 41.1. The normalized spacial score (nSPS) is 12.0. The third-order valence-electron chi connectivity index (χ3n) is 4.98. The zero-order valence-corrected chi connectivity index (χ0v) is 30.5. The number of hydrogen-bond acceptors (Lipinski definition) is 12. The van der Waals surface area contributed by atoms with Gasteiger partial charge in [-0.15, -0.1) is 10.2 Å². The zero-order valence-electron chi connectivity index (χ0n) is 23.9. The molecule has 1 radical (unpaired) electrons. The monoisotopic (exact) mass is 849 g/mol. The maximum absolute atomic E-state index is 8.49. The molecule has 0 fully saturated rings. The van der Waals surface area contributed by atoms with Gasteiger partial charge in [0.2, 0.25) is 0 Å². The maximum atomic E-state index is 8.49. The van der Waals surface area contributed by atoms with E-state index in [2.05, 4.69) is 72.9 Å². The molecule has 0 bridgehead atoms. The Balaban J connectivity index is 0.000000394. The molecule has 0 aliphatic carbocycles. The number of halogens is 3. The molecule has 12 nitrogen and oxygen atoms in total. The molecule has 0 atom stereocenters. The summed E-state index contributed by atoms with van der Waals surface area (Å²) in [5.41, 5.74) is 10.3. The third-order valence-corrected chi connectivity index (χ3v) is 6.59. The van der Waals surface area contributed by atoms with E-state index >= 15 is 0 Å². The van der Waals surface area contributed by atoms with Gasteiger partial charge in [0.1, 0.15) is 11.4 Å². The van der Waals surface area contributed by atoms with E-state index in [1.165, 1.54) is 0 Å². The molecule has 46 heavy (non-hydrogen) atoms. The van der Waals surface area contributed by atoms with Crippen molar-refractivity contribution < 1.29 is 45.9 Å². The predicted octanol–water partition coefficient (Wildman–Crippen LogP) is 0.679. The van der Waals surface area contributed by atoms with Crippen molar-refractivity contribution in [2.75, 3.05) is 14.1 Å². The van der Waals surface area contributed by atoms with Gasteiger partial charge in [0.15, 0.2) is 0 Å². The quantitative estimate of drug-likeness (QED) is 0.0918. The van der Waals surface area contributed by atoms with Gasteiger partial charge in [-0.2, -0.15) is 10.2 Å². The van der Waals surface area contributed by atoms with Crippen LogP contribution in [0.2, 0.25) is 0 Å². The number of rotatable bonds is 6. The molecule has 0 aliphatic rings. The minimum atomic E-state index is -4.94. The number of hydrogen-bond donors (Lipinski definition) is 2. The molecule has 0 spiro atoms. The number of amidine groups is 2. The van der Waals surface area contributed by atoms with E-state index in [1.807, 2.05) is 84.9 Å². The van der Waals surface area contributed by atoms with Crippen LogP contribution >= 0.6 is 31.9 Å². The summed E-state index contributed by atoms with van der Waals surface area (Å²) < 4.78 is 36.0. The van der Waals surface area contributed by atoms with Gasteiger partial charge < -0.3 is 25.3 Å². The molecule has 4 aromatic rings. The molecule has 2 heterocycles. The summed E-state index contributed by atoms with van der Waals surface area (Å²) in [6, 6.07) is 27.0. The number of aromatic nitrogens is 2. The smallest absolute Gasteiger partial charge is 0.741 e. The molecule has 2 aromatic heterocycles. The Morgan fingerprint density at radius 3 is 1.22 bits per heavy atom. The van der Waals surface area contributed by atoms with Crippen molar-refractivity contribution in [2.45, 2.75) is 0 Å². The van der Waals surface area contributed by atoms with Gasteiger partial charge in [-0.05, 0) is 58.9 Å². The van der Waals surface area contributed by atoms with Crippen LogP contribution in [0.3, 0.4) is 0 Å². The van der Waals surface area contributed by atoms with Gasteiger partial charge in [0.25, 0.3) is 0 Å². The van der Waals surface area contributed by atoms with E-state index < -0.39 is 10.2 Å². The van der Waals surface area contributed by atoms with E-state index in [9.17, 15) is 0 Å². The Kier molecular flexibility index (Phi) is 19.5. The number of benzene rings is 2. The number of nitrogens with zero attached hydrogens (tertiary/aromatic N) is 6. The van der Waals surface area contributed by atoms with E-state index in [1.54, 1.807) is 26.5 Å². The number of aliphatic imine (C=N–C) groups is 2. The van der Waals surface area contributed by atoms with Crippen LogP contribution in [0.4, 0.5) is 0 Å². The van der Waals surface area contributed by atoms with Gasteiger partial charge in [0, 0.05) is 46.6 Å². The van der Waals surface area contributed by atoms with Crippen LogP contribution < -0.4 is 29.5 Å². The van der Waals surface area contributed by atoms with Crippen LogP contribution in [0.1, 0.15) is 22.5 Å². The van der Waals surface area contributed by atoms with Crippen LogP contribution in [-0.4, -0.2) is 45.8 Å². The minimum absolute atomic E-state index is 0. The predicted molar refractivity (Wildman–Crippen MR) is 176 cm³/mol. The minimum Gasteiger partial charge on any atom is -0.741 e. The standard InChI is InChI=1S/2C14H13BrN4S.ClHO4.Fe/c2*1-16-14(20)19-18-13(12-4-2-3-9-17-12)10-5-7-11(15)8-6-10;2-1(3,4)5;/h2*2-9H,1H3,(H2,16,19,20);(H,2,3,4,5);/q;;;+3/p-3/b2*18-13+;;. The second kappa shape index (κ2) is 21.8. The Labute approximate surface area is 306 Å². The molecule has 0 aliphatic heterocycles. The van der Waals surface area contributed by atoms with E-state index in [0.717, 1.165) is 31.5 Å². The molecule has 4 rings (SSSR count). The molecule has 0 unspecified atom stereocenters. The number of nitrogens with one attached hydrogen (secondary N) is 2. The topological polar surface area (TPSA) is 192 Å². The van der Waals surface area contributed by atoms with Crippen LogP contribution in [-0.2, 0) is 42.3 Å². The third kappa shape index (κ3) is 16.6. The molecule has 0 saturated heterocycles. The summed E-state index contributed by atoms with van der Waals surface area (Å²) >= 11 is 16.8. The molecule has 2 aromatic carbocycles. The van der Waals surface area contributed by atoms with Crippen molar-refractivity contribution in [1.82, 2.24) is 20.8 Å². The van der Waals surface area contributed by atoms with Crippen LogP contribution in [0.5, 0.6) is 0 Å². The fourth-order valence-corrected chi connectivity index (χ4v) is 3.69. The van der Waals surface area contributed by atoms with E-state index in [-0.39, 0.29) is 17.1 Å². The summed E-state index contributed by atoms with van der Waals surface area (Å²) in [6.07, 6.45) is 3.46. The Morgan fingerprint density at radius 1 is 0.630 bits per heavy atom. The van der Waals surface area contributed by atoms with Gasteiger partial charge in [-0.3, -0.25) is 30.8 Å². The molecule has 18 heteroatoms. The van der Waals surface area contributed by atoms with Crippen molar-refractivity contribution >= 4 is 78.9 Å². The number of pyridine rings is 2. The number of hydrazone groups is 2. The Bertz CT molecular complexity index is 1480. The van der Waals surface area contributed by atoms with Crippen molar-refractivity contribution in [1.29, 1.82) is 0 Å². The van der Waals surface area contributed by atoms with Gasteiger partial charge in [-0.25, -0.2) is 18.6 Å². The Morgan fingerprint density at radius 2 is 0.957 bits per heavy atom. The molecule has 241 valence electrons. The van der Waals surface area contributed by atoms with Crippen LogP contribution in [0.15, 0.2) is 126 Å². The first-order valence-corrected chi connectivity index (χ1v) is 16.0. The van der Waals surface area contributed by atoms with Gasteiger partial charge >= 0.3 is 17.1 Å². The summed E-state index contributed by atoms with van der Waals surface area (Å²) in [4.78, 5) is 16.3. The molecule has 0 saturated carbocycles. The molecular weight excluding hydrogens is 828 g/mol. The first-order valence-electron chi connectivity index (χ1n) is 12.3. The van der Waals surface area contributed by atoms with Gasteiger partial charge in [-0.1, -0.05) is 68.3 Å². The van der Waals surface area contributed by atoms with Crippen molar-refractivity contribution in [3.05, 3.63) is 129 Å². The molecular formula is C28H24Br2ClFeN8O4S2. The largest absolute Gasteiger partial charge is 3.00 e. The van der Waals surface area contributed by atoms with Gasteiger partial charge in [0.05, 0.1) is 11.4 Å². The molecule has 0 amide bonds. The van der Waals surface area contributed by atoms with Crippen molar-refractivity contribution in [2.24, 2.45) is 20.2 Å². The van der Waals surface area contributed by atoms with Crippen LogP contribution in [0.25, 0.3) is 0 Å². The molecule has 2 N–H and O–H groups in total. The summed E-state index contributed by atoms with van der Waals surface area (Å²) in [5, 5.41) is 9.30. The van der Waals surface area contributed by atoms with E-state index in [0.29, 0.717) is 21.8 Å².